The average molecular weight is 366 g/mol. The summed E-state index contributed by atoms with van der Waals surface area (Å²) >= 11 is 0. The third-order valence-electron chi connectivity index (χ3n) is 7.33. The zero-order valence-electron chi connectivity index (χ0n) is 16.0. The summed E-state index contributed by atoms with van der Waals surface area (Å²) < 4.78 is 17.3. The van der Waals surface area contributed by atoms with E-state index in [0.717, 1.165) is 0 Å². The molecule has 0 aromatic rings. The maximum absolute atomic E-state index is 13.1. The van der Waals surface area contributed by atoms with Crippen molar-refractivity contribution < 1.29 is 34.0 Å². The SMILES string of the molecule is COC(=O)[C@]12OC3C[C@]14C[C@@H](O)C(C)(C)OC4=C(C(C)=O)[C@@]2(O)C3(C)C. The first-order chi connectivity index (χ1) is 11.8. The van der Waals surface area contributed by atoms with Gasteiger partial charge in [0.25, 0.3) is 0 Å². The largest absolute Gasteiger partial charge is 0.488 e. The Morgan fingerprint density at radius 2 is 1.81 bits per heavy atom. The second-order valence-electron chi connectivity index (χ2n) is 9.18. The molecule has 1 unspecified atom stereocenters. The molecular weight excluding hydrogens is 340 g/mol. The highest BCUT2D eigenvalue weighted by Crippen LogP contribution is 2.78. The molecule has 144 valence electrons. The molecule has 26 heavy (non-hydrogen) atoms. The third-order valence-corrected chi connectivity index (χ3v) is 7.33. The summed E-state index contributed by atoms with van der Waals surface area (Å²) in [6, 6.07) is 0. The van der Waals surface area contributed by atoms with Gasteiger partial charge in [-0.15, -0.1) is 0 Å². The number of carbonyl (C=O) groups is 2. The minimum absolute atomic E-state index is 0.0767. The first-order valence-corrected chi connectivity index (χ1v) is 8.95. The minimum Gasteiger partial charge on any atom is -0.488 e. The van der Waals surface area contributed by atoms with Crippen molar-refractivity contribution in [2.24, 2.45) is 10.8 Å². The number of methoxy groups -OCH3 is 1. The van der Waals surface area contributed by atoms with Gasteiger partial charge in [0.1, 0.15) is 17.0 Å². The van der Waals surface area contributed by atoms with Crippen LogP contribution in [0.5, 0.6) is 0 Å². The van der Waals surface area contributed by atoms with E-state index in [1.165, 1.54) is 14.0 Å². The molecular formula is C19H26O7. The number of hydrogen-bond donors (Lipinski definition) is 2. The molecule has 1 aliphatic carbocycles. The van der Waals surface area contributed by atoms with Gasteiger partial charge in [0.15, 0.2) is 5.78 Å². The van der Waals surface area contributed by atoms with Gasteiger partial charge in [-0.2, -0.15) is 0 Å². The van der Waals surface area contributed by atoms with Gasteiger partial charge in [-0.05, 0) is 33.6 Å². The molecule has 3 heterocycles. The first-order valence-electron chi connectivity index (χ1n) is 8.95. The number of esters is 1. The molecule has 2 bridgehead atoms. The normalized spacial score (nSPS) is 46.8. The van der Waals surface area contributed by atoms with Gasteiger partial charge >= 0.3 is 5.97 Å². The van der Waals surface area contributed by atoms with Crippen LogP contribution >= 0.6 is 0 Å². The zero-order chi connectivity index (χ0) is 19.5. The Labute approximate surface area is 152 Å². The lowest BCUT2D eigenvalue weighted by molar-refractivity contribution is -0.214. The lowest BCUT2D eigenvalue weighted by Crippen LogP contribution is -2.70. The molecule has 3 aliphatic heterocycles. The Balaban J connectivity index is 2.10. The van der Waals surface area contributed by atoms with Crippen molar-refractivity contribution in [3.05, 3.63) is 11.3 Å². The number of fused-ring (bicyclic) bond motifs is 1. The van der Waals surface area contributed by atoms with Gasteiger partial charge in [-0.1, -0.05) is 13.8 Å². The smallest absolute Gasteiger partial charge is 0.342 e. The number of aliphatic hydroxyl groups excluding tert-OH is 1. The molecule has 0 radical (unpaired) electrons. The van der Waals surface area contributed by atoms with E-state index in [4.69, 9.17) is 14.2 Å². The summed E-state index contributed by atoms with van der Waals surface area (Å²) in [6.45, 7) is 8.38. The van der Waals surface area contributed by atoms with Crippen LogP contribution in [0.25, 0.3) is 0 Å². The molecule has 2 N–H and O–H groups in total. The Hall–Kier alpha value is -1.44. The second kappa shape index (κ2) is 4.51. The number of ether oxygens (including phenoxy) is 3. The van der Waals surface area contributed by atoms with E-state index in [2.05, 4.69) is 0 Å². The molecule has 7 nitrogen and oxygen atoms in total. The molecule has 0 aromatic carbocycles. The Kier molecular flexibility index (Phi) is 3.11. The van der Waals surface area contributed by atoms with Crippen LogP contribution in [0.2, 0.25) is 0 Å². The van der Waals surface area contributed by atoms with Gasteiger partial charge in [0, 0.05) is 5.41 Å². The number of Topliss-reactive ketones (excluding diaryl/α,β-unsaturated/α-hetero) is 1. The number of carbonyl (C=O) groups excluding carboxylic acids is 2. The van der Waals surface area contributed by atoms with Gasteiger partial charge in [-0.25, -0.2) is 4.79 Å². The molecule has 3 saturated heterocycles. The van der Waals surface area contributed by atoms with Crippen LogP contribution in [-0.4, -0.2) is 58.1 Å². The van der Waals surface area contributed by atoms with Crippen molar-refractivity contribution in [2.75, 3.05) is 7.11 Å². The quantitative estimate of drug-likeness (QED) is 0.699. The maximum atomic E-state index is 13.1. The number of rotatable bonds is 2. The summed E-state index contributed by atoms with van der Waals surface area (Å²) in [7, 11) is 1.23. The maximum Gasteiger partial charge on any atom is 0.342 e. The fraction of sp³-hybridized carbons (Fsp3) is 0.789. The number of aliphatic hydroxyl groups is 2. The van der Waals surface area contributed by atoms with E-state index >= 15 is 0 Å². The molecule has 4 rings (SSSR count). The van der Waals surface area contributed by atoms with E-state index < -0.39 is 45.8 Å². The summed E-state index contributed by atoms with van der Waals surface area (Å²) in [6.07, 6.45) is -0.850. The zero-order valence-corrected chi connectivity index (χ0v) is 16.0. The van der Waals surface area contributed by atoms with Crippen molar-refractivity contribution in [2.45, 2.75) is 76.5 Å². The lowest BCUT2D eigenvalue weighted by atomic mass is 9.51. The Morgan fingerprint density at radius 1 is 1.19 bits per heavy atom. The van der Waals surface area contributed by atoms with Gasteiger partial charge < -0.3 is 24.4 Å². The molecule has 0 saturated carbocycles. The van der Waals surface area contributed by atoms with Crippen LogP contribution in [0, 0.1) is 10.8 Å². The highest BCUT2D eigenvalue weighted by molar-refractivity contribution is 6.02. The Bertz CT molecular complexity index is 766. The highest BCUT2D eigenvalue weighted by Gasteiger charge is 2.92. The first kappa shape index (κ1) is 17.9. The Morgan fingerprint density at radius 3 is 2.35 bits per heavy atom. The summed E-state index contributed by atoms with van der Waals surface area (Å²) in [5.74, 6) is -0.831. The molecule has 0 aromatic heterocycles. The van der Waals surface area contributed by atoms with Crippen LogP contribution < -0.4 is 0 Å². The van der Waals surface area contributed by atoms with E-state index in [-0.39, 0.29) is 23.5 Å². The van der Waals surface area contributed by atoms with Crippen LogP contribution in [0.4, 0.5) is 0 Å². The predicted molar refractivity (Wildman–Crippen MR) is 88.9 cm³/mol. The molecule has 3 fully saturated rings. The molecule has 7 heteroatoms. The highest BCUT2D eigenvalue weighted by atomic mass is 16.6. The lowest BCUT2D eigenvalue weighted by Gasteiger charge is -2.53. The van der Waals surface area contributed by atoms with E-state index in [9.17, 15) is 19.8 Å². The van der Waals surface area contributed by atoms with Crippen molar-refractivity contribution in [3.8, 4) is 0 Å². The van der Waals surface area contributed by atoms with Crippen molar-refractivity contribution >= 4 is 11.8 Å². The van der Waals surface area contributed by atoms with E-state index in [0.29, 0.717) is 6.42 Å². The summed E-state index contributed by atoms with van der Waals surface area (Å²) in [5.41, 5.74) is -6.59. The standard InChI is InChI=1S/C19H26O7/c1-9(20)12-13-17(7-10(21)16(4,5)26-13)8-11-15(2,3)18(12,23)19(17,25-11)14(22)24-6/h10-11,21,23H,7-8H2,1-6H3/t10-,11?,17+,18-,19+/m1/s1. The molecule has 1 spiro atoms. The number of ketones is 1. The molecule has 4 aliphatic rings. The molecule has 0 amide bonds. The molecule has 5 atom stereocenters. The second-order valence-corrected chi connectivity index (χ2v) is 9.18. The minimum atomic E-state index is -1.89. The summed E-state index contributed by atoms with van der Waals surface area (Å²) in [5, 5.41) is 22.7. The van der Waals surface area contributed by atoms with Crippen LogP contribution in [0.15, 0.2) is 11.3 Å². The van der Waals surface area contributed by atoms with Crippen molar-refractivity contribution in [3.63, 3.8) is 0 Å². The van der Waals surface area contributed by atoms with Crippen molar-refractivity contribution in [1.29, 1.82) is 0 Å². The number of hydrogen-bond acceptors (Lipinski definition) is 7. The van der Waals surface area contributed by atoms with Crippen LogP contribution in [0.3, 0.4) is 0 Å². The predicted octanol–water partition coefficient (Wildman–Crippen LogP) is 0.861. The van der Waals surface area contributed by atoms with E-state index in [1.54, 1.807) is 27.7 Å². The van der Waals surface area contributed by atoms with Crippen molar-refractivity contribution in [1.82, 2.24) is 0 Å². The third kappa shape index (κ3) is 1.43. The fourth-order valence-corrected chi connectivity index (χ4v) is 5.83. The van der Waals surface area contributed by atoms with E-state index in [1.807, 2.05) is 0 Å². The van der Waals surface area contributed by atoms with Gasteiger partial charge in [0.2, 0.25) is 5.60 Å². The average Bonchev–Trinajstić information content (AvgIpc) is 3.00. The van der Waals surface area contributed by atoms with Crippen LogP contribution in [-0.2, 0) is 23.8 Å². The van der Waals surface area contributed by atoms with Gasteiger partial charge in [0.05, 0.1) is 30.3 Å². The monoisotopic (exact) mass is 366 g/mol. The summed E-state index contributed by atoms with van der Waals surface area (Å²) in [4.78, 5) is 25.7. The van der Waals surface area contributed by atoms with Gasteiger partial charge in [-0.3, -0.25) is 4.79 Å². The topological polar surface area (TPSA) is 102 Å². The van der Waals surface area contributed by atoms with Crippen LogP contribution in [0.1, 0.15) is 47.5 Å². The fourth-order valence-electron chi connectivity index (χ4n) is 5.83.